The zero-order chi connectivity index (χ0) is 70.7. The number of ether oxygens (including phenoxy) is 3. The summed E-state index contributed by atoms with van der Waals surface area (Å²) in [6, 6.07) is -9.56. The highest BCUT2D eigenvalue weighted by Gasteiger charge is 2.47. The van der Waals surface area contributed by atoms with E-state index >= 15 is 19.2 Å². The third-order valence-electron chi connectivity index (χ3n) is 18.4. The first-order chi connectivity index (χ1) is 44.6. The SMILES string of the molecule is CCCCOc1cc(C(=O)N[C@@H]2C(=O)N[C@H](C(C)C)C(=O)N3CCC[C@@H]3C(=O)N(C)CC(=O)N(C)[C@@H](C(C)C)C(=O)O[C@@H]2C)c2nc3c(C(=O)N[C@H]4C(=O)N[C@@H](C(C)C)C(=O)N5CCC[C@H]5C(=O)N(C)CC(=O)N(C)[C@H](C(C)C)C(=O)O[C@H]4C)c(N)c(=O)c(C)c-3oc2c1C. The minimum atomic E-state index is -1.90. The number of likely N-dealkylation sites (N-methyl/N-ethyl adjacent to an activating group) is 4. The molecule has 10 amide bonds. The van der Waals surface area contributed by atoms with Gasteiger partial charge in [-0.25, -0.2) is 14.6 Å². The summed E-state index contributed by atoms with van der Waals surface area (Å²) in [6.45, 7) is 20.4. The number of anilines is 1. The number of carbonyl (C=O) groups is 12. The van der Waals surface area contributed by atoms with E-state index < -0.39 is 191 Å². The van der Waals surface area contributed by atoms with Gasteiger partial charge in [0, 0.05) is 52.4 Å². The van der Waals surface area contributed by atoms with Crippen LogP contribution < -0.4 is 37.2 Å². The summed E-state index contributed by atoms with van der Waals surface area (Å²) >= 11 is 0. The minimum absolute atomic E-state index is 0.0943. The van der Waals surface area contributed by atoms with Gasteiger partial charge in [0.15, 0.2) is 11.3 Å². The van der Waals surface area contributed by atoms with Crippen LogP contribution in [0.5, 0.6) is 5.75 Å². The Kier molecular flexibility index (Phi) is 23.4. The number of aryl methyl sites for hydroxylation is 1. The molecule has 0 unspecified atom stereocenters. The first kappa shape index (κ1) is 73.5. The molecule has 29 heteroatoms. The van der Waals surface area contributed by atoms with Crippen molar-refractivity contribution in [2.24, 2.45) is 23.7 Å². The first-order valence-corrected chi connectivity index (χ1v) is 32.6. The van der Waals surface area contributed by atoms with Crippen LogP contribution in [-0.2, 0) is 57.4 Å². The lowest BCUT2D eigenvalue weighted by atomic mass is 9.98. The molecule has 4 saturated heterocycles. The number of nitrogens with one attached hydrogen (secondary N) is 4. The molecule has 5 heterocycles. The lowest BCUT2D eigenvalue weighted by Crippen LogP contribution is -2.61. The van der Waals surface area contributed by atoms with Crippen molar-refractivity contribution in [3.63, 3.8) is 0 Å². The van der Waals surface area contributed by atoms with E-state index in [1.165, 1.54) is 74.6 Å². The van der Waals surface area contributed by atoms with Gasteiger partial charge in [-0.2, -0.15) is 0 Å². The number of esters is 2. The number of carbonyl (C=O) groups excluding carboxylic acids is 12. The molecule has 520 valence electrons. The Labute approximate surface area is 552 Å². The Hall–Kier alpha value is -8.92. The molecule has 0 bridgehead atoms. The number of hydrogen-bond donors (Lipinski definition) is 5. The Balaban J connectivity index is 1.38. The predicted molar refractivity (Wildman–Crippen MR) is 346 cm³/mol. The Morgan fingerprint density at radius 3 is 1.52 bits per heavy atom. The minimum Gasteiger partial charge on any atom is -0.493 e. The largest absolute Gasteiger partial charge is 0.493 e. The number of fused-ring (bicyclic) bond motifs is 4. The standard InChI is InChI=1S/C66H94N12O17/c1-18-19-26-92-41-27-38(57(82)71-48-36(12)93-65(90)52(32(6)7)75(16)42(79)28-73(14)61(86)39-22-20-24-77(39)63(88)46(30(2)3)69-59(48)84)50-55(34(41)10)95-56-35(11)54(81)45(67)44(51(56)68-50)58(83)72-49-37(13)94-66(91)53(33(8)9)76(17)43(80)29-74(15)62(87)40-23-21-25-78(40)64(89)47(31(4)5)70-60(49)85/h27,30-33,36-37,39-40,46-49,52-53H,18-26,28-29,67H2,1-17H3,(H,69,84)(H,70,85)(H,71,82)(H,72,83)/t36-,37+,39-,40+,46-,47+,48+,49-,52+,53-/m1/s1. The maximum Gasteiger partial charge on any atom is 0.329 e. The number of nitrogens with two attached hydrogens (primary N) is 1. The summed E-state index contributed by atoms with van der Waals surface area (Å²) in [5, 5.41) is 10.8. The molecule has 0 saturated carbocycles. The average molecular weight is 1330 g/mol. The average Bonchev–Trinajstić information content (AvgIpc) is 1.11. The number of amides is 10. The van der Waals surface area contributed by atoms with Crippen LogP contribution >= 0.6 is 0 Å². The van der Waals surface area contributed by atoms with Crippen molar-refractivity contribution >= 4 is 87.8 Å². The molecule has 1 aromatic rings. The van der Waals surface area contributed by atoms with Crippen LogP contribution in [0, 0.1) is 37.5 Å². The number of aromatic nitrogens is 1. The second-order valence-corrected chi connectivity index (χ2v) is 26.9. The van der Waals surface area contributed by atoms with Crippen LogP contribution in [-0.4, -0.2) is 227 Å². The summed E-state index contributed by atoms with van der Waals surface area (Å²) in [4.78, 5) is 201. The van der Waals surface area contributed by atoms with Crippen molar-refractivity contribution in [2.75, 3.05) is 66.7 Å². The molecule has 1 aliphatic carbocycles. The summed E-state index contributed by atoms with van der Waals surface area (Å²) in [5.74, 6) is -12.5. The second kappa shape index (κ2) is 30.2. The molecule has 5 aliphatic heterocycles. The van der Waals surface area contributed by atoms with E-state index in [1.807, 2.05) is 6.92 Å². The molecule has 6 N–H and O–H groups in total. The summed E-state index contributed by atoms with van der Waals surface area (Å²) < 4.78 is 24.8. The third kappa shape index (κ3) is 15.3. The van der Waals surface area contributed by atoms with Gasteiger partial charge in [-0.3, -0.25) is 52.7 Å². The lowest BCUT2D eigenvalue weighted by molar-refractivity contribution is -0.163. The Morgan fingerprint density at radius 2 is 1.09 bits per heavy atom. The summed E-state index contributed by atoms with van der Waals surface area (Å²) in [5.41, 5.74) is 3.25. The van der Waals surface area contributed by atoms with Gasteiger partial charge in [-0.1, -0.05) is 68.7 Å². The normalized spacial score (nSPS) is 25.4. The van der Waals surface area contributed by atoms with Crippen molar-refractivity contribution < 1.29 is 76.2 Å². The highest BCUT2D eigenvalue weighted by atomic mass is 16.6. The smallest absolute Gasteiger partial charge is 0.329 e. The summed E-state index contributed by atoms with van der Waals surface area (Å²) in [7, 11) is 5.59. The van der Waals surface area contributed by atoms with Crippen LogP contribution in [0.3, 0.4) is 0 Å². The Bertz CT molecular complexity index is 3550. The molecule has 7 rings (SSSR count). The first-order valence-electron chi connectivity index (χ1n) is 32.6. The maximum atomic E-state index is 15.5. The molecule has 4 fully saturated rings. The zero-order valence-corrected chi connectivity index (χ0v) is 57.6. The fourth-order valence-corrected chi connectivity index (χ4v) is 12.8. The molecule has 0 aromatic heterocycles. The molecular formula is C66H94N12O17. The highest BCUT2D eigenvalue weighted by molar-refractivity contribution is 6.11. The van der Waals surface area contributed by atoms with Crippen molar-refractivity contribution in [3.05, 3.63) is 38.5 Å². The van der Waals surface area contributed by atoms with Crippen LogP contribution in [0.1, 0.15) is 147 Å². The predicted octanol–water partition coefficient (Wildman–Crippen LogP) is 1.90. The number of nitrogens with zero attached hydrogens (tertiary/aromatic N) is 7. The molecule has 10 atom stereocenters. The molecule has 29 nitrogen and oxygen atoms in total. The summed E-state index contributed by atoms with van der Waals surface area (Å²) in [6.07, 6.45) is -0.479. The van der Waals surface area contributed by atoms with E-state index in [0.717, 1.165) is 9.80 Å². The number of hydrogen-bond acceptors (Lipinski definition) is 19. The van der Waals surface area contributed by atoms with E-state index in [2.05, 4.69) is 21.3 Å². The monoisotopic (exact) mass is 1330 g/mol. The van der Waals surface area contributed by atoms with Gasteiger partial charge < -0.3 is 75.0 Å². The zero-order valence-electron chi connectivity index (χ0n) is 57.6. The molecule has 0 spiro atoms. The van der Waals surface area contributed by atoms with Crippen molar-refractivity contribution in [1.82, 2.24) is 55.7 Å². The maximum absolute atomic E-state index is 15.5. The van der Waals surface area contributed by atoms with Crippen molar-refractivity contribution in [3.8, 4) is 17.2 Å². The van der Waals surface area contributed by atoms with E-state index in [0.29, 0.717) is 25.7 Å². The lowest BCUT2D eigenvalue weighted by Gasteiger charge is -2.36. The van der Waals surface area contributed by atoms with E-state index in [9.17, 15) is 43.2 Å². The molecule has 1 aromatic carbocycles. The fraction of sp³-hybridized carbons (Fsp3) is 0.636. The van der Waals surface area contributed by atoms with Gasteiger partial charge in [0.2, 0.25) is 52.7 Å². The highest BCUT2D eigenvalue weighted by Crippen LogP contribution is 2.38. The van der Waals surface area contributed by atoms with Gasteiger partial charge in [-0.05, 0) is 89.5 Å². The third-order valence-corrected chi connectivity index (χ3v) is 18.4. The fourth-order valence-electron chi connectivity index (χ4n) is 12.8. The van der Waals surface area contributed by atoms with E-state index in [1.54, 1.807) is 62.3 Å². The van der Waals surface area contributed by atoms with Crippen LogP contribution in [0.2, 0.25) is 0 Å². The van der Waals surface area contributed by atoms with Gasteiger partial charge in [0.25, 0.3) is 11.8 Å². The van der Waals surface area contributed by atoms with Gasteiger partial charge in [0.05, 0.1) is 36.5 Å². The quantitative estimate of drug-likeness (QED) is 0.0748. The number of rotatable bonds is 12. The molecule has 6 aliphatic rings. The van der Waals surface area contributed by atoms with E-state index in [4.69, 9.17) is 29.3 Å². The molecule has 95 heavy (non-hydrogen) atoms. The van der Waals surface area contributed by atoms with Gasteiger partial charge in [-0.15, -0.1) is 0 Å². The molecule has 0 radical (unpaired) electrons. The number of nitrogen functional groups attached to an aromatic ring is 1. The number of benzene rings is 2. The van der Waals surface area contributed by atoms with Crippen molar-refractivity contribution in [1.29, 1.82) is 0 Å². The van der Waals surface area contributed by atoms with Crippen LogP contribution in [0.15, 0.2) is 15.3 Å². The molecular weight excluding hydrogens is 1230 g/mol. The second-order valence-electron chi connectivity index (χ2n) is 26.9. The van der Waals surface area contributed by atoms with Crippen molar-refractivity contribution in [2.45, 2.75) is 189 Å². The van der Waals surface area contributed by atoms with Gasteiger partial charge >= 0.3 is 11.9 Å². The van der Waals surface area contributed by atoms with Crippen LogP contribution in [0.25, 0.3) is 22.6 Å². The number of cyclic esters (lactones) is 2. The van der Waals surface area contributed by atoms with Crippen LogP contribution in [0.4, 0.5) is 5.69 Å². The Morgan fingerprint density at radius 1 is 0.653 bits per heavy atom. The number of unbranched alkanes of at least 4 members (excludes halogenated alkanes) is 1. The van der Waals surface area contributed by atoms with E-state index in [-0.39, 0.29) is 71.8 Å². The topological polar surface area (TPSA) is 369 Å². The van der Waals surface area contributed by atoms with Gasteiger partial charge in [0.1, 0.15) is 77.5 Å².